The van der Waals surface area contributed by atoms with Crippen molar-refractivity contribution in [1.29, 1.82) is 0 Å². The van der Waals surface area contributed by atoms with Crippen LogP contribution in [-0.2, 0) is 0 Å². The quantitative estimate of drug-likeness (QED) is 0.837. The van der Waals surface area contributed by atoms with Crippen molar-refractivity contribution in [2.24, 2.45) is 0 Å². The van der Waals surface area contributed by atoms with Crippen LogP contribution in [0.4, 0.5) is 5.82 Å². The number of hydrogen-bond acceptors (Lipinski definition) is 4. The Hall–Kier alpha value is -1.62. The molecule has 0 radical (unpaired) electrons. The predicted molar refractivity (Wildman–Crippen MR) is 89.9 cm³/mol. The Bertz CT molecular complexity index is 616. The number of rotatable bonds is 6. The minimum Gasteiger partial charge on any atom is -0.493 e. The van der Waals surface area contributed by atoms with Crippen LogP contribution in [0.5, 0.6) is 5.75 Å². The molecule has 4 nitrogen and oxygen atoms in total. The molecule has 0 aliphatic heterocycles. The molecule has 0 amide bonds. The van der Waals surface area contributed by atoms with Crippen LogP contribution in [0.25, 0.3) is 11.4 Å². The van der Waals surface area contributed by atoms with Crippen molar-refractivity contribution in [3.8, 4) is 17.1 Å². The molecule has 1 aromatic heterocycles. The highest BCUT2D eigenvalue weighted by atomic mass is 79.9. The fraction of sp³-hybridized carbons (Fsp3) is 0.375. The van der Waals surface area contributed by atoms with E-state index in [2.05, 4.69) is 38.1 Å². The number of anilines is 1. The number of aryl methyl sites for hydroxylation is 1. The molecule has 0 saturated carbocycles. The molecule has 0 aliphatic rings. The second kappa shape index (κ2) is 7.41. The molecule has 1 aromatic carbocycles. The fourth-order valence-corrected chi connectivity index (χ4v) is 2.29. The second-order valence-corrected chi connectivity index (χ2v) is 5.44. The number of halogens is 1. The highest BCUT2D eigenvalue weighted by Crippen LogP contribution is 2.31. The van der Waals surface area contributed by atoms with Crippen molar-refractivity contribution in [1.82, 2.24) is 9.97 Å². The fourth-order valence-electron chi connectivity index (χ4n) is 1.97. The van der Waals surface area contributed by atoms with Crippen molar-refractivity contribution in [3.63, 3.8) is 0 Å². The maximum absolute atomic E-state index is 5.67. The summed E-state index contributed by atoms with van der Waals surface area (Å²) in [4.78, 5) is 9.21. The third-order valence-corrected chi connectivity index (χ3v) is 3.94. The minimum atomic E-state index is 0.619. The molecule has 0 bridgehead atoms. The summed E-state index contributed by atoms with van der Waals surface area (Å²) < 4.78 is 6.58. The molecule has 0 atom stereocenters. The zero-order chi connectivity index (χ0) is 15.2. The molecule has 2 rings (SSSR count). The Labute approximate surface area is 134 Å². The van der Waals surface area contributed by atoms with Gasteiger partial charge >= 0.3 is 0 Å². The van der Waals surface area contributed by atoms with Gasteiger partial charge in [0.25, 0.3) is 0 Å². The van der Waals surface area contributed by atoms with E-state index in [0.717, 1.165) is 40.3 Å². The highest BCUT2D eigenvalue weighted by Gasteiger charge is 2.13. The van der Waals surface area contributed by atoms with Gasteiger partial charge in [0.15, 0.2) is 5.82 Å². The Morgan fingerprint density at radius 2 is 1.95 bits per heavy atom. The lowest BCUT2D eigenvalue weighted by Crippen LogP contribution is -2.06. The number of para-hydroxylation sites is 1. The van der Waals surface area contributed by atoms with Gasteiger partial charge in [-0.3, -0.25) is 0 Å². The predicted octanol–water partition coefficient (Wildman–Crippen LogP) is 4.44. The van der Waals surface area contributed by atoms with Gasteiger partial charge in [-0.15, -0.1) is 0 Å². The number of aromatic nitrogens is 2. The summed E-state index contributed by atoms with van der Waals surface area (Å²) in [6.45, 7) is 7.56. The molecule has 0 unspecified atom stereocenters. The SMILES string of the molecule is CCCNc1nc(-c2ccccc2OCC)nc(C)c1Br. The normalized spacial score (nSPS) is 10.5. The minimum absolute atomic E-state index is 0.619. The van der Waals surface area contributed by atoms with Crippen LogP contribution in [0.1, 0.15) is 26.0 Å². The van der Waals surface area contributed by atoms with E-state index in [-0.39, 0.29) is 0 Å². The smallest absolute Gasteiger partial charge is 0.165 e. The van der Waals surface area contributed by atoms with E-state index >= 15 is 0 Å². The van der Waals surface area contributed by atoms with Crippen LogP contribution in [-0.4, -0.2) is 23.1 Å². The number of hydrogen-bond donors (Lipinski definition) is 1. The van der Waals surface area contributed by atoms with Crippen LogP contribution in [0.15, 0.2) is 28.7 Å². The van der Waals surface area contributed by atoms with Crippen molar-refractivity contribution in [2.45, 2.75) is 27.2 Å². The van der Waals surface area contributed by atoms with Gasteiger partial charge in [-0.1, -0.05) is 19.1 Å². The first-order valence-electron chi connectivity index (χ1n) is 7.17. The van der Waals surface area contributed by atoms with E-state index < -0.39 is 0 Å². The van der Waals surface area contributed by atoms with Crippen molar-refractivity contribution in [2.75, 3.05) is 18.5 Å². The zero-order valence-corrected chi connectivity index (χ0v) is 14.2. The van der Waals surface area contributed by atoms with Crippen LogP contribution in [0, 0.1) is 6.92 Å². The zero-order valence-electron chi connectivity index (χ0n) is 12.6. The second-order valence-electron chi connectivity index (χ2n) is 4.65. The van der Waals surface area contributed by atoms with E-state index in [9.17, 15) is 0 Å². The largest absolute Gasteiger partial charge is 0.493 e. The summed E-state index contributed by atoms with van der Waals surface area (Å²) >= 11 is 3.55. The van der Waals surface area contributed by atoms with Gasteiger partial charge in [-0.2, -0.15) is 0 Å². The van der Waals surface area contributed by atoms with Gasteiger partial charge in [-0.05, 0) is 48.3 Å². The van der Waals surface area contributed by atoms with Crippen LogP contribution in [0.2, 0.25) is 0 Å². The average Bonchev–Trinajstić information content (AvgIpc) is 2.49. The molecule has 0 fully saturated rings. The van der Waals surface area contributed by atoms with E-state index in [4.69, 9.17) is 4.74 Å². The third-order valence-electron chi connectivity index (χ3n) is 2.99. The van der Waals surface area contributed by atoms with E-state index in [0.29, 0.717) is 12.4 Å². The Morgan fingerprint density at radius 3 is 2.67 bits per heavy atom. The van der Waals surface area contributed by atoms with Gasteiger partial charge in [0, 0.05) is 6.54 Å². The maximum Gasteiger partial charge on any atom is 0.165 e. The molecule has 112 valence electrons. The average molecular weight is 350 g/mol. The lowest BCUT2D eigenvalue weighted by atomic mass is 10.2. The first-order chi connectivity index (χ1) is 10.2. The van der Waals surface area contributed by atoms with Gasteiger partial charge < -0.3 is 10.1 Å². The Balaban J connectivity index is 2.46. The number of benzene rings is 1. The summed E-state index contributed by atoms with van der Waals surface area (Å²) in [5.74, 6) is 2.31. The van der Waals surface area contributed by atoms with E-state index in [1.165, 1.54) is 0 Å². The van der Waals surface area contributed by atoms with Gasteiger partial charge in [0.1, 0.15) is 11.6 Å². The summed E-state index contributed by atoms with van der Waals surface area (Å²) in [7, 11) is 0. The highest BCUT2D eigenvalue weighted by molar-refractivity contribution is 9.10. The van der Waals surface area contributed by atoms with Crippen molar-refractivity contribution < 1.29 is 4.74 Å². The van der Waals surface area contributed by atoms with Gasteiger partial charge in [0.2, 0.25) is 0 Å². The van der Waals surface area contributed by atoms with E-state index in [1.807, 2.05) is 38.1 Å². The Morgan fingerprint density at radius 1 is 1.19 bits per heavy atom. The monoisotopic (exact) mass is 349 g/mol. The molecule has 21 heavy (non-hydrogen) atoms. The molecule has 0 saturated heterocycles. The summed E-state index contributed by atoms with van der Waals surface area (Å²) in [5, 5.41) is 3.33. The lowest BCUT2D eigenvalue weighted by molar-refractivity contribution is 0.341. The number of ether oxygens (including phenoxy) is 1. The summed E-state index contributed by atoms with van der Waals surface area (Å²) in [5.41, 5.74) is 1.82. The first kappa shape index (κ1) is 15.8. The molecular weight excluding hydrogens is 330 g/mol. The van der Waals surface area contributed by atoms with Crippen LogP contribution >= 0.6 is 15.9 Å². The number of nitrogens with zero attached hydrogens (tertiary/aromatic N) is 2. The maximum atomic E-state index is 5.67. The summed E-state index contributed by atoms with van der Waals surface area (Å²) in [6.07, 6.45) is 1.04. The molecule has 1 heterocycles. The third kappa shape index (κ3) is 3.73. The molecule has 5 heteroatoms. The summed E-state index contributed by atoms with van der Waals surface area (Å²) in [6, 6.07) is 7.85. The van der Waals surface area contributed by atoms with Gasteiger partial charge in [-0.25, -0.2) is 9.97 Å². The molecule has 1 N–H and O–H groups in total. The number of nitrogens with one attached hydrogen (secondary N) is 1. The molecule has 0 aliphatic carbocycles. The molecule has 2 aromatic rings. The standard InChI is InChI=1S/C16H20BrN3O/c1-4-10-18-16-14(17)11(3)19-15(20-16)12-8-6-7-9-13(12)21-5-2/h6-9H,4-5,10H2,1-3H3,(H,18,19,20). The van der Waals surface area contributed by atoms with Gasteiger partial charge in [0.05, 0.1) is 22.3 Å². The molecule has 0 spiro atoms. The first-order valence-corrected chi connectivity index (χ1v) is 7.96. The van der Waals surface area contributed by atoms with Crippen LogP contribution < -0.4 is 10.1 Å². The van der Waals surface area contributed by atoms with Crippen LogP contribution in [0.3, 0.4) is 0 Å². The van der Waals surface area contributed by atoms with Crippen molar-refractivity contribution in [3.05, 3.63) is 34.4 Å². The van der Waals surface area contributed by atoms with E-state index in [1.54, 1.807) is 0 Å². The topological polar surface area (TPSA) is 47.0 Å². The molecular formula is C16H20BrN3O. The lowest BCUT2D eigenvalue weighted by Gasteiger charge is -2.13. The Kier molecular flexibility index (Phi) is 5.56. The van der Waals surface area contributed by atoms with Crippen molar-refractivity contribution >= 4 is 21.7 Å².